The summed E-state index contributed by atoms with van der Waals surface area (Å²) in [5.41, 5.74) is 1.05. The predicted octanol–water partition coefficient (Wildman–Crippen LogP) is 2.08. The van der Waals surface area contributed by atoms with Crippen molar-refractivity contribution in [2.75, 3.05) is 26.1 Å². The molecule has 0 aliphatic carbocycles. The lowest BCUT2D eigenvalue weighted by atomic mass is 10.1. The normalized spacial score (nSPS) is 10.3. The Bertz CT molecular complexity index is 757. The summed E-state index contributed by atoms with van der Waals surface area (Å²) in [6.07, 6.45) is 1.70. The van der Waals surface area contributed by atoms with E-state index < -0.39 is 0 Å². The van der Waals surface area contributed by atoms with Crippen LogP contribution >= 0.6 is 0 Å². The molecular weight excluding hydrogens is 338 g/mol. The standard InChI is InChI=1S/C18H23N3O5/c1-12-9-16(21-26-12)20-18(23)11-19-17(22)6-4-5-13-7-8-14(24-2)15(10-13)25-3/h7-10H,4-6,11H2,1-3H3,(H,19,22)(H,20,21,23). The van der Waals surface area contributed by atoms with Gasteiger partial charge >= 0.3 is 0 Å². The largest absolute Gasteiger partial charge is 0.493 e. The summed E-state index contributed by atoms with van der Waals surface area (Å²) in [5, 5.41) is 8.78. The van der Waals surface area contributed by atoms with Crippen molar-refractivity contribution in [2.45, 2.75) is 26.2 Å². The van der Waals surface area contributed by atoms with E-state index in [1.807, 2.05) is 18.2 Å². The summed E-state index contributed by atoms with van der Waals surface area (Å²) in [6, 6.07) is 7.27. The summed E-state index contributed by atoms with van der Waals surface area (Å²) in [6.45, 7) is 1.62. The molecule has 2 rings (SSSR count). The summed E-state index contributed by atoms with van der Waals surface area (Å²) in [5.74, 6) is 1.72. The summed E-state index contributed by atoms with van der Waals surface area (Å²) in [4.78, 5) is 23.6. The van der Waals surface area contributed by atoms with Gasteiger partial charge in [0.05, 0.1) is 20.8 Å². The third-order valence-electron chi connectivity index (χ3n) is 3.66. The minimum Gasteiger partial charge on any atom is -0.493 e. The molecule has 0 atom stereocenters. The lowest BCUT2D eigenvalue weighted by Gasteiger charge is -2.09. The molecule has 0 unspecified atom stereocenters. The third kappa shape index (κ3) is 5.80. The van der Waals surface area contributed by atoms with Gasteiger partial charge in [-0.1, -0.05) is 11.2 Å². The van der Waals surface area contributed by atoms with E-state index in [0.717, 1.165) is 12.0 Å². The first-order chi connectivity index (χ1) is 12.5. The number of nitrogens with one attached hydrogen (secondary N) is 2. The van der Waals surface area contributed by atoms with Crippen molar-refractivity contribution < 1.29 is 23.6 Å². The van der Waals surface area contributed by atoms with Crippen molar-refractivity contribution in [2.24, 2.45) is 0 Å². The van der Waals surface area contributed by atoms with Crippen molar-refractivity contribution in [3.63, 3.8) is 0 Å². The van der Waals surface area contributed by atoms with Crippen molar-refractivity contribution >= 4 is 17.6 Å². The fourth-order valence-electron chi connectivity index (χ4n) is 2.37. The monoisotopic (exact) mass is 361 g/mol. The number of aromatic nitrogens is 1. The molecule has 0 aliphatic rings. The van der Waals surface area contributed by atoms with E-state index in [1.54, 1.807) is 27.2 Å². The van der Waals surface area contributed by atoms with Crippen LogP contribution in [0, 0.1) is 6.92 Å². The van der Waals surface area contributed by atoms with E-state index in [0.29, 0.717) is 35.9 Å². The Labute approximate surface area is 151 Å². The zero-order valence-electron chi connectivity index (χ0n) is 15.1. The first kappa shape index (κ1) is 19.3. The highest BCUT2D eigenvalue weighted by molar-refractivity contribution is 5.93. The van der Waals surface area contributed by atoms with Crippen LogP contribution in [0.15, 0.2) is 28.8 Å². The zero-order valence-corrected chi connectivity index (χ0v) is 15.1. The maximum absolute atomic E-state index is 11.8. The van der Waals surface area contributed by atoms with Gasteiger partial charge in [0.1, 0.15) is 5.76 Å². The van der Waals surface area contributed by atoms with Crippen LogP contribution in [0.25, 0.3) is 0 Å². The highest BCUT2D eigenvalue weighted by Gasteiger charge is 2.09. The maximum Gasteiger partial charge on any atom is 0.245 e. The first-order valence-electron chi connectivity index (χ1n) is 8.22. The second-order valence-corrected chi connectivity index (χ2v) is 5.69. The summed E-state index contributed by atoms with van der Waals surface area (Å²) < 4.78 is 15.3. The Morgan fingerprint density at radius 1 is 1.12 bits per heavy atom. The van der Waals surface area contributed by atoms with E-state index in [9.17, 15) is 9.59 Å². The Morgan fingerprint density at radius 2 is 1.88 bits per heavy atom. The van der Waals surface area contributed by atoms with Gasteiger partial charge < -0.3 is 24.6 Å². The second kappa shape index (κ2) is 9.45. The van der Waals surface area contributed by atoms with Gasteiger partial charge in [-0.05, 0) is 37.5 Å². The average molecular weight is 361 g/mol. The molecule has 0 spiro atoms. The fourth-order valence-corrected chi connectivity index (χ4v) is 2.37. The number of aryl methyl sites for hydroxylation is 2. The van der Waals surface area contributed by atoms with Crippen LogP contribution in [-0.4, -0.2) is 37.7 Å². The van der Waals surface area contributed by atoms with Crippen LogP contribution in [0.2, 0.25) is 0 Å². The third-order valence-corrected chi connectivity index (χ3v) is 3.66. The molecule has 1 aromatic carbocycles. The van der Waals surface area contributed by atoms with Crippen LogP contribution in [0.3, 0.4) is 0 Å². The van der Waals surface area contributed by atoms with Gasteiger partial charge in [-0.2, -0.15) is 0 Å². The maximum atomic E-state index is 11.8. The first-order valence-corrected chi connectivity index (χ1v) is 8.22. The van der Waals surface area contributed by atoms with E-state index in [-0.39, 0.29) is 18.4 Å². The SMILES string of the molecule is COc1ccc(CCCC(=O)NCC(=O)Nc2cc(C)on2)cc1OC. The second-order valence-electron chi connectivity index (χ2n) is 5.69. The molecule has 2 aromatic rings. The Hall–Kier alpha value is -3.03. The van der Waals surface area contributed by atoms with Crippen LogP contribution in [0.4, 0.5) is 5.82 Å². The number of methoxy groups -OCH3 is 2. The molecule has 1 aromatic heterocycles. The Kier molecular flexibility index (Phi) is 7.02. The van der Waals surface area contributed by atoms with Gasteiger partial charge in [-0.3, -0.25) is 9.59 Å². The van der Waals surface area contributed by atoms with Gasteiger partial charge in [0.15, 0.2) is 17.3 Å². The number of hydrogen-bond donors (Lipinski definition) is 2. The fraction of sp³-hybridized carbons (Fsp3) is 0.389. The Morgan fingerprint density at radius 3 is 2.54 bits per heavy atom. The molecule has 0 saturated heterocycles. The minimum absolute atomic E-state index is 0.110. The zero-order chi connectivity index (χ0) is 18.9. The van der Waals surface area contributed by atoms with Gasteiger partial charge in [0.2, 0.25) is 11.8 Å². The highest BCUT2D eigenvalue weighted by Crippen LogP contribution is 2.28. The van der Waals surface area contributed by atoms with Crippen molar-refractivity contribution in [3.05, 3.63) is 35.6 Å². The summed E-state index contributed by atoms with van der Waals surface area (Å²) >= 11 is 0. The van der Waals surface area contributed by atoms with Crippen LogP contribution < -0.4 is 20.1 Å². The number of carbonyl (C=O) groups excluding carboxylic acids is 2. The number of rotatable bonds is 9. The number of nitrogens with zero attached hydrogens (tertiary/aromatic N) is 1. The molecule has 8 heteroatoms. The lowest BCUT2D eigenvalue weighted by Crippen LogP contribution is -2.32. The predicted molar refractivity (Wildman–Crippen MR) is 95.4 cm³/mol. The molecule has 2 amide bonds. The molecular formula is C18H23N3O5. The topological polar surface area (TPSA) is 103 Å². The Balaban J connectivity index is 1.69. The van der Waals surface area contributed by atoms with Gasteiger partial charge in [-0.15, -0.1) is 0 Å². The van der Waals surface area contributed by atoms with Gasteiger partial charge in [0, 0.05) is 12.5 Å². The van der Waals surface area contributed by atoms with Gasteiger partial charge in [-0.25, -0.2) is 0 Å². The number of hydrogen-bond acceptors (Lipinski definition) is 6. The van der Waals surface area contributed by atoms with E-state index in [2.05, 4.69) is 15.8 Å². The van der Waals surface area contributed by atoms with Crippen molar-refractivity contribution in [3.8, 4) is 11.5 Å². The number of amides is 2. The molecule has 26 heavy (non-hydrogen) atoms. The molecule has 8 nitrogen and oxygen atoms in total. The van der Waals surface area contributed by atoms with Gasteiger partial charge in [0.25, 0.3) is 0 Å². The number of benzene rings is 1. The molecule has 0 saturated carbocycles. The molecule has 0 radical (unpaired) electrons. The van der Waals surface area contributed by atoms with Crippen LogP contribution in [0.5, 0.6) is 11.5 Å². The highest BCUT2D eigenvalue weighted by atomic mass is 16.5. The smallest absolute Gasteiger partial charge is 0.245 e. The van der Waals surface area contributed by atoms with E-state index in [4.69, 9.17) is 14.0 Å². The number of anilines is 1. The number of ether oxygens (including phenoxy) is 2. The molecule has 1 heterocycles. The molecule has 0 fully saturated rings. The van der Waals surface area contributed by atoms with E-state index >= 15 is 0 Å². The van der Waals surface area contributed by atoms with Crippen LogP contribution in [-0.2, 0) is 16.0 Å². The number of carbonyl (C=O) groups is 2. The lowest BCUT2D eigenvalue weighted by molar-refractivity contribution is -0.124. The molecule has 0 aliphatic heterocycles. The molecule has 140 valence electrons. The van der Waals surface area contributed by atoms with Crippen molar-refractivity contribution in [1.82, 2.24) is 10.5 Å². The van der Waals surface area contributed by atoms with E-state index in [1.165, 1.54) is 0 Å². The minimum atomic E-state index is -0.355. The van der Waals surface area contributed by atoms with Crippen molar-refractivity contribution in [1.29, 1.82) is 0 Å². The summed E-state index contributed by atoms with van der Waals surface area (Å²) in [7, 11) is 3.17. The molecule has 2 N–H and O–H groups in total. The average Bonchev–Trinajstić information content (AvgIpc) is 3.04. The van der Waals surface area contributed by atoms with Crippen LogP contribution in [0.1, 0.15) is 24.2 Å². The molecule has 0 bridgehead atoms. The quantitative estimate of drug-likeness (QED) is 0.709.